The molecule has 3 aromatic carbocycles. The van der Waals surface area contributed by atoms with Crippen LogP contribution in [0.4, 0.5) is 4.39 Å². The Morgan fingerprint density at radius 1 is 1.00 bits per heavy atom. The lowest BCUT2D eigenvalue weighted by Crippen LogP contribution is -2.07. The molecule has 4 nitrogen and oxygen atoms in total. The van der Waals surface area contributed by atoms with Crippen LogP contribution in [0.3, 0.4) is 0 Å². The Morgan fingerprint density at radius 3 is 2.63 bits per heavy atom. The van der Waals surface area contributed by atoms with Gasteiger partial charge >= 0.3 is 5.97 Å². The molecular weight excluding hydrogens is 428 g/mol. The molecular formula is C23H14Cl2FNO3. The van der Waals surface area contributed by atoms with Crippen molar-refractivity contribution >= 4 is 41.1 Å². The predicted molar refractivity (Wildman–Crippen MR) is 114 cm³/mol. The van der Waals surface area contributed by atoms with Gasteiger partial charge in [0.05, 0.1) is 15.6 Å². The van der Waals surface area contributed by atoms with Gasteiger partial charge in [0, 0.05) is 0 Å². The number of cyclic esters (lactones) is 1. The van der Waals surface area contributed by atoms with E-state index in [0.29, 0.717) is 28.0 Å². The summed E-state index contributed by atoms with van der Waals surface area (Å²) in [6.07, 6.45) is 1.56. The van der Waals surface area contributed by atoms with Crippen LogP contribution < -0.4 is 4.74 Å². The molecule has 0 amide bonds. The Bertz CT molecular complexity index is 1190. The van der Waals surface area contributed by atoms with E-state index in [-0.39, 0.29) is 17.2 Å². The number of ether oxygens (including phenoxy) is 2. The van der Waals surface area contributed by atoms with Gasteiger partial charge in [-0.15, -0.1) is 0 Å². The van der Waals surface area contributed by atoms with Gasteiger partial charge in [-0.25, -0.2) is 14.2 Å². The van der Waals surface area contributed by atoms with Crippen LogP contribution >= 0.6 is 23.2 Å². The van der Waals surface area contributed by atoms with Crippen molar-refractivity contribution in [2.75, 3.05) is 0 Å². The van der Waals surface area contributed by atoms with Crippen LogP contribution in [0.5, 0.6) is 5.75 Å². The van der Waals surface area contributed by atoms with Gasteiger partial charge in [-0.05, 0) is 53.6 Å². The fourth-order valence-electron chi connectivity index (χ4n) is 2.81. The van der Waals surface area contributed by atoms with Gasteiger partial charge < -0.3 is 9.47 Å². The first-order chi connectivity index (χ1) is 14.5. The summed E-state index contributed by atoms with van der Waals surface area (Å²) < 4.78 is 24.8. The Hall–Kier alpha value is -3.15. The lowest BCUT2D eigenvalue weighted by molar-refractivity contribution is -0.129. The number of esters is 1. The molecule has 0 aliphatic carbocycles. The zero-order valence-corrected chi connectivity index (χ0v) is 17.0. The third kappa shape index (κ3) is 4.53. The zero-order valence-electron chi connectivity index (χ0n) is 15.4. The number of rotatable bonds is 5. The highest BCUT2D eigenvalue weighted by Gasteiger charge is 2.25. The highest BCUT2D eigenvalue weighted by molar-refractivity contribution is 6.42. The summed E-state index contributed by atoms with van der Waals surface area (Å²) in [6, 6.07) is 18.4. The van der Waals surface area contributed by atoms with Crippen LogP contribution in [0.1, 0.15) is 16.7 Å². The molecule has 0 radical (unpaired) electrons. The van der Waals surface area contributed by atoms with E-state index in [1.54, 1.807) is 54.6 Å². The first-order valence-corrected chi connectivity index (χ1v) is 9.69. The largest absolute Gasteiger partial charge is 0.489 e. The molecule has 1 aliphatic rings. The average Bonchev–Trinajstić information content (AvgIpc) is 3.09. The highest BCUT2D eigenvalue weighted by Crippen LogP contribution is 2.25. The fraction of sp³-hybridized carbons (Fsp3) is 0.0435. The van der Waals surface area contributed by atoms with Crippen molar-refractivity contribution in [1.29, 1.82) is 0 Å². The molecule has 0 unspecified atom stereocenters. The summed E-state index contributed by atoms with van der Waals surface area (Å²) in [5, 5.41) is 0.937. The molecule has 1 aliphatic heterocycles. The third-order valence-electron chi connectivity index (χ3n) is 4.28. The van der Waals surface area contributed by atoms with Crippen LogP contribution in [0.15, 0.2) is 77.4 Å². The number of halogens is 3. The van der Waals surface area contributed by atoms with Crippen LogP contribution in [-0.2, 0) is 16.1 Å². The lowest BCUT2D eigenvalue weighted by Gasteiger charge is -2.08. The SMILES string of the molecule is O=C1OC(c2ccccc2F)=N/C1=C\c1cccc(OCc2ccc(Cl)c(Cl)c2)c1. The number of carbonyl (C=O) groups is 1. The van der Waals surface area contributed by atoms with Gasteiger partial charge in [0.1, 0.15) is 18.2 Å². The molecule has 30 heavy (non-hydrogen) atoms. The fourth-order valence-corrected chi connectivity index (χ4v) is 3.13. The number of carbonyl (C=O) groups excluding carboxylic acids is 1. The maximum atomic E-state index is 13.9. The van der Waals surface area contributed by atoms with Crippen molar-refractivity contribution in [2.45, 2.75) is 6.61 Å². The van der Waals surface area contributed by atoms with Crippen LogP contribution in [0, 0.1) is 5.82 Å². The Balaban J connectivity index is 1.52. The zero-order chi connectivity index (χ0) is 21.1. The van der Waals surface area contributed by atoms with Gasteiger partial charge in [-0.1, -0.05) is 53.5 Å². The van der Waals surface area contributed by atoms with Gasteiger partial charge in [0.25, 0.3) is 0 Å². The van der Waals surface area contributed by atoms with Crippen molar-refractivity contribution in [2.24, 2.45) is 4.99 Å². The van der Waals surface area contributed by atoms with Gasteiger partial charge in [-0.2, -0.15) is 0 Å². The van der Waals surface area contributed by atoms with Crippen LogP contribution in [0.25, 0.3) is 6.08 Å². The molecule has 0 spiro atoms. The summed E-state index contributed by atoms with van der Waals surface area (Å²) >= 11 is 11.9. The molecule has 1 heterocycles. The van der Waals surface area contributed by atoms with Crippen LogP contribution in [0.2, 0.25) is 10.0 Å². The third-order valence-corrected chi connectivity index (χ3v) is 5.01. The Kier molecular flexibility index (Phi) is 5.84. The van der Waals surface area contributed by atoms with E-state index < -0.39 is 11.8 Å². The molecule has 0 atom stereocenters. The lowest BCUT2D eigenvalue weighted by atomic mass is 10.2. The number of nitrogens with zero attached hydrogens (tertiary/aromatic N) is 1. The van der Waals surface area contributed by atoms with Crippen molar-refractivity contribution in [3.05, 3.63) is 105 Å². The van der Waals surface area contributed by atoms with E-state index in [1.807, 2.05) is 6.07 Å². The van der Waals surface area contributed by atoms with Gasteiger partial charge in [0.15, 0.2) is 5.70 Å². The molecule has 4 rings (SSSR count). The Labute approximate surface area is 182 Å². The molecule has 150 valence electrons. The van der Waals surface area contributed by atoms with E-state index in [0.717, 1.165) is 5.56 Å². The topological polar surface area (TPSA) is 47.9 Å². The maximum absolute atomic E-state index is 13.9. The summed E-state index contributed by atoms with van der Waals surface area (Å²) in [4.78, 5) is 16.3. The molecule has 0 N–H and O–H groups in total. The van der Waals surface area contributed by atoms with Crippen LogP contribution in [-0.4, -0.2) is 11.9 Å². The van der Waals surface area contributed by atoms with E-state index in [9.17, 15) is 9.18 Å². The van der Waals surface area contributed by atoms with Gasteiger partial charge in [0.2, 0.25) is 5.90 Å². The number of hydrogen-bond donors (Lipinski definition) is 0. The molecule has 0 aromatic heterocycles. The summed E-state index contributed by atoms with van der Waals surface area (Å²) in [5.41, 5.74) is 1.77. The molecule has 0 fully saturated rings. The second-order valence-electron chi connectivity index (χ2n) is 6.43. The van der Waals surface area contributed by atoms with E-state index in [4.69, 9.17) is 32.7 Å². The van der Waals surface area contributed by atoms with Crippen molar-refractivity contribution in [3.8, 4) is 5.75 Å². The second-order valence-corrected chi connectivity index (χ2v) is 7.24. The summed E-state index contributed by atoms with van der Waals surface area (Å²) in [7, 11) is 0. The first kappa shape index (κ1) is 20.1. The quantitative estimate of drug-likeness (QED) is 0.357. The minimum absolute atomic E-state index is 0.0589. The molecule has 3 aromatic rings. The van der Waals surface area contributed by atoms with Crippen molar-refractivity contribution in [1.82, 2.24) is 0 Å². The smallest absolute Gasteiger partial charge is 0.363 e. The maximum Gasteiger partial charge on any atom is 0.363 e. The number of aliphatic imine (C=N–C) groups is 1. The highest BCUT2D eigenvalue weighted by atomic mass is 35.5. The molecule has 7 heteroatoms. The molecule has 0 saturated carbocycles. The van der Waals surface area contributed by atoms with Crippen molar-refractivity contribution in [3.63, 3.8) is 0 Å². The average molecular weight is 442 g/mol. The summed E-state index contributed by atoms with van der Waals surface area (Å²) in [5.74, 6) is -0.616. The molecule has 0 saturated heterocycles. The van der Waals surface area contributed by atoms with Crippen molar-refractivity contribution < 1.29 is 18.7 Å². The normalized spacial score (nSPS) is 14.6. The number of hydrogen-bond acceptors (Lipinski definition) is 4. The first-order valence-electron chi connectivity index (χ1n) is 8.94. The van der Waals surface area contributed by atoms with E-state index in [1.165, 1.54) is 12.1 Å². The van der Waals surface area contributed by atoms with E-state index >= 15 is 0 Å². The monoisotopic (exact) mass is 441 g/mol. The predicted octanol–water partition coefficient (Wildman–Crippen LogP) is 6.06. The Morgan fingerprint density at radius 2 is 1.83 bits per heavy atom. The standard InChI is InChI=1S/C23H14Cl2FNO3/c24-18-9-8-15(11-19(18)25)13-29-16-5-3-4-14(10-16)12-21-23(28)30-22(27-21)17-6-1-2-7-20(17)26/h1-12H,13H2/b21-12-. The van der Waals surface area contributed by atoms with E-state index in [2.05, 4.69) is 4.99 Å². The number of benzene rings is 3. The second kappa shape index (κ2) is 8.69. The van der Waals surface area contributed by atoms with Gasteiger partial charge in [-0.3, -0.25) is 0 Å². The minimum atomic E-state index is -0.643. The molecule has 0 bridgehead atoms. The summed E-state index contributed by atoms with van der Waals surface area (Å²) in [6.45, 7) is 0.300. The minimum Gasteiger partial charge on any atom is -0.489 e.